The summed E-state index contributed by atoms with van der Waals surface area (Å²) in [6.07, 6.45) is 8.17. The minimum absolute atomic E-state index is 0.736. The molecule has 1 rings (SSSR count). The molecule has 0 aliphatic carbocycles. The van der Waals surface area contributed by atoms with Crippen LogP contribution in [0, 0.1) is 12.3 Å². The van der Waals surface area contributed by atoms with Crippen molar-refractivity contribution in [3.63, 3.8) is 0 Å². The second-order valence-electron chi connectivity index (χ2n) is 3.36. The van der Waals surface area contributed by atoms with E-state index in [9.17, 15) is 0 Å². The van der Waals surface area contributed by atoms with E-state index in [2.05, 4.69) is 28.1 Å². The molecule has 0 unspecified atom stereocenters. The Balaban J connectivity index is 2.07. The average molecular weight is 191 g/mol. The van der Waals surface area contributed by atoms with E-state index in [1.165, 1.54) is 0 Å². The Morgan fingerprint density at radius 1 is 1.57 bits per heavy atom. The van der Waals surface area contributed by atoms with Crippen molar-refractivity contribution in [1.82, 2.24) is 10.6 Å². The van der Waals surface area contributed by atoms with Crippen LogP contribution in [0.15, 0.2) is 17.1 Å². The highest BCUT2D eigenvalue weighted by atomic mass is 15.2. The van der Waals surface area contributed by atoms with Gasteiger partial charge in [-0.3, -0.25) is 0 Å². The third kappa shape index (κ3) is 3.99. The van der Waals surface area contributed by atoms with Crippen LogP contribution in [0.4, 0.5) is 0 Å². The van der Waals surface area contributed by atoms with Gasteiger partial charge in [-0.1, -0.05) is 6.58 Å². The van der Waals surface area contributed by atoms with Crippen molar-refractivity contribution in [3.05, 3.63) is 12.2 Å². The normalized spacial score (nSPS) is 15.4. The number of aliphatic imine (C=N–C) groups is 1. The van der Waals surface area contributed by atoms with Crippen LogP contribution in [0.25, 0.3) is 0 Å². The number of nitrogens with one attached hydrogen (secondary N) is 2. The molecule has 0 saturated heterocycles. The number of unbranched alkanes of at least 4 members (excludes halogenated alkanes) is 2. The van der Waals surface area contributed by atoms with E-state index in [0.29, 0.717) is 0 Å². The van der Waals surface area contributed by atoms with Gasteiger partial charge in [0.1, 0.15) is 0 Å². The molecule has 76 valence electrons. The molecular weight excluding hydrogens is 174 g/mol. The van der Waals surface area contributed by atoms with Gasteiger partial charge < -0.3 is 10.6 Å². The van der Waals surface area contributed by atoms with Gasteiger partial charge in [0, 0.05) is 19.5 Å². The van der Waals surface area contributed by atoms with Crippen LogP contribution in [0.3, 0.4) is 0 Å². The number of hydrogen-bond acceptors (Lipinski definition) is 3. The zero-order valence-corrected chi connectivity index (χ0v) is 8.47. The maximum atomic E-state index is 5.15. The van der Waals surface area contributed by atoms with E-state index in [0.717, 1.165) is 50.4 Å². The van der Waals surface area contributed by atoms with E-state index in [-0.39, 0.29) is 0 Å². The van der Waals surface area contributed by atoms with Crippen molar-refractivity contribution in [2.45, 2.75) is 19.3 Å². The molecule has 3 nitrogen and oxygen atoms in total. The Hall–Kier alpha value is -1.43. The molecular formula is C11H17N3. The molecule has 0 bridgehead atoms. The van der Waals surface area contributed by atoms with Crippen LogP contribution in [0.5, 0.6) is 0 Å². The third-order valence-corrected chi connectivity index (χ3v) is 2.01. The van der Waals surface area contributed by atoms with Crippen molar-refractivity contribution in [2.75, 3.05) is 19.6 Å². The molecule has 3 heteroatoms. The number of rotatable bonds is 4. The van der Waals surface area contributed by atoms with E-state index >= 15 is 0 Å². The molecule has 1 aliphatic rings. The molecule has 0 atom stereocenters. The number of terminal acetylenes is 1. The standard InChI is InChI=1S/C11H17N3/c1-3-4-5-6-7-12-11-13-8-10(2)9-14-11/h1H,2,4-9H2,(H2,12,13,14). The highest BCUT2D eigenvalue weighted by Gasteiger charge is 2.04. The summed E-state index contributed by atoms with van der Waals surface area (Å²) >= 11 is 0. The SMILES string of the molecule is C#CCCCCNC1=NCC(=C)CN1. The molecule has 0 saturated carbocycles. The minimum atomic E-state index is 0.736. The van der Waals surface area contributed by atoms with Gasteiger partial charge in [-0.2, -0.15) is 0 Å². The maximum Gasteiger partial charge on any atom is 0.191 e. The van der Waals surface area contributed by atoms with Crippen molar-refractivity contribution >= 4 is 5.96 Å². The zero-order chi connectivity index (χ0) is 10.2. The van der Waals surface area contributed by atoms with Crippen molar-refractivity contribution in [1.29, 1.82) is 0 Å². The largest absolute Gasteiger partial charge is 0.356 e. The van der Waals surface area contributed by atoms with Gasteiger partial charge in [0.25, 0.3) is 0 Å². The van der Waals surface area contributed by atoms with E-state index < -0.39 is 0 Å². The first-order valence-corrected chi connectivity index (χ1v) is 4.95. The fourth-order valence-corrected chi connectivity index (χ4v) is 1.19. The topological polar surface area (TPSA) is 36.4 Å². The van der Waals surface area contributed by atoms with E-state index in [4.69, 9.17) is 6.42 Å². The van der Waals surface area contributed by atoms with Gasteiger partial charge in [-0.25, -0.2) is 4.99 Å². The Bertz CT molecular complexity index is 260. The molecule has 0 aromatic carbocycles. The van der Waals surface area contributed by atoms with E-state index in [1.807, 2.05) is 0 Å². The first kappa shape index (κ1) is 10.6. The molecule has 0 amide bonds. The fraction of sp³-hybridized carbons (Fsp3) is 0.545. The first-order valence-electron chi connectivity index (χ1n) is 4.95. The highest BCUT2D eigenvalue weighted by Crippen LogP contribution is 1.95. The summed E-state index contributed by atoms with van der Waals surface area (Å²) in [6, 6.07) is 0. The summed E-state index contributed by atoms with van der Waals surface area (Å²) in [6.45, 7) is 6.35. The molecule has 2 N–H and O–H groups in total. The van der Waals surface area contributed by atoms with Crippen molar-refractivity contribution < 1.29 is 0 Å². The van der Waals surface area contributed by atoms with Gasteiger partial charge in [0.05, 0.1) is 6.54 Å². The van der Waals surface area contributed by atoms with Crippen LogP contribution in [0.1, 0.15) is 19.3 Å². The summed E-state index contributed by atoms with van der Waals surface area (Å²) in [5.74, 6) is 3.51. The quantitative estimate of drug-likeness (QED) is 0.393. The Morgan fingerprint density at radius 3 is 3.07 bits per heavy atom. The first-order chi connectivity index (χ1) is 6.83. The average Bonchev–Trinajstić information content (AvgIpc) is 2.21. The predicted octanol–water partition coefficient (Wildman–Crippen LogP) is 0.895. The third-order valence-electron chi connectivity index (χ3n) is 2.01. The smallest absolute Gasteiger partial charge is 0.191 e. The Labute approximate surface area is 85.7 Å². The fourth-order valence-electron chi connectivity index (χ4n) is 1.19. The lowest BCUT2D eigenvalue weighted by Gasteiger charge is -2.17. The molecule has 0 aromatic heterocycles. The summed E-state index contributed by atoms with van der Waals surface area (Å²) in [7, 11) is 0. The lowest BCUT2D eigenvalue weighted by atomic mass is 10.2. The second-order valence-corrected chi connectivity index (χ2v) is 3.36. The summed E-state index contributed by atoms with van der Waals surface area (Å²) in [5, 5.41) is 6.39. The van der Waals surface area contributed by atoms with E-state index in [1.54, 1.807) is 0 Å². The molecule has 14 heavy (non-hydrogen) atoms. The van der Waals surface area contributed by atoms with Crippen LogP contribution in [-0.4, -0.2) is 25.6 Å². The van der Waals surface area contributed by atoms with Crippen LogP contribution in [-0.2, 0) is 0 Å². The number of guanidine groups is 1. The minimum Gasteiger partial charge on any atom is -0.356 e. The predicted molar refractivity (Wildman–Crippen MR) is 60.1 cm³/mol. The van der Waals surface area contributed by atoms with Crippen molar-refractivity contribution in [2.24, 2.45) is 4.99 Å². The summed E-state index contributed by atoms with van der Waals surface area (Å²) < 4.78 is 0. The molecule has 0 spiro atoms. The lowest BCUT2D eigenvalue weighted by molar-refractivity contribution is 0.704. The molecule has 1 aliphatic heterocycles. The maximum absolute atomic E-state index is 5.15. The van der Waals surface area contributed by atoms with Gasteiger partial charge in [-0.15, -0.1) is 12.3 Å². The van der Waals surface area contributed by atoms with Gasteiger partial charge in [-0.05, 0) is 18.4 Å². The Morgan fingerprint density at radius 2 is 2.43 bits per heavy atom. The van der Waals surface area contributed by atoms with Gasteiger partial charge in [0.15, 0.2) is 5.96 Å². The van der Waals surface area contributed by atoms with Crippen LogP contribution < -0.4 is 10.6 Å². The van der Waals surface area contributed by atoms with Gasteiger partial charge >= 0.3 is 0 Å². The molecule has 1 heterocycles. The second kappa shape index (κ2) is 6.09. The lowest BCUT2D eigenvalue weighted by Crippen LogP contribution is -2.41. The van der Waals surface area contributed by atoms with Crippen LogP contribution in [0.2, 0.25) is 0 Å². The number of hydrogen-bond donors (Lipinski definition) is 2. The Kier molecular flexibility index (Phi) is 4.63. The van der Waals surface area contributed by atoms with Gasteiger partial charge in [0.2, 0.25) is 0 Å². The molecule has 0 aromatic rings. The van der Waals surface area contributed by atoms with Crippen LogP contribution >= 0.6 is 0 Å². The number of nitrogens with zero attached hydrogens (tertiary/aromatic N) is 1. The summed E-state index contributed by atoms with van der Waals surface area (Å²) in [4.78, 5) is 4.28. The summed E-state index contributed by atoms with van der Waals surface area (Å²) in [5.41, 5.74) is 1.13. The molecule has 0 radical (unpaired) electrons. The zero-order valence-electron chi connectivity index (χ0n) is 8.47. The monoisotopic (exact) mass is 191 g/mol. The highest BCUT2D eigenvalue weighted by molar-refractivity contribution is 5.81. The molecule has 0 fully saturated rings. The van der Waals surface area contributed by atoms with Crippen molar-refractivity contribution in [3.8, 4) is 12.3 Å².